The van der Waals surface area contributed by atoms with Crippen molar-refractivity contribution >= 4 is 5.97 Å². The molecule has 1 aromatic heterocycles. The van der Waals surface area contributed by atoms with Crippen LogP contribution in [0.3, 0.4) is 0 Å². The Morgan fingerprint density at radius 2 is 2.23 bits per heavy atom. The fourth-order valence-electron chi connectivity index (χ4n) is 1.21. The molecule has 13 heavy (non-hydrogen) atoms. The second-order valence-corrected chi connectivity index (χ2v) is 3.95. The van der Waals surface area contributed by atoms with Gasteiger partial charge >= 0.3 is 5.97 Å². The quantitative estimate of drug-likeness (QED) is 0.749. The zero-order valence-electron chi connectivity index (χ0n) is 8.11. The third-order valence-corrected chi connectivity index (χ3v) is 1.75. The van der Waals surface area contributed by atoms with Crippen LogP contribution in [0.4, 0.5) is 0 Å². The van der Waals surface area contributed by atoms with Crippen LogP contribution in [0.25, 0.3) is 0 Å². The predicted molar refractivity (Wildman–Crippen MR) is 48.6 cm³/mol. The number of aliphatic carboxylic acids is 1. The van der Waals surface area contributed by atoms with Crippen LogP contribution in [0.1, 0.15) is 26.6 Å². The maximum Gasteiger partial charge on any atom is 0.311 e. The van der Waals surface area contributed by atoms with E-state index in [0.29, 0.717) is 5.82 Å². The summed E-state index contributed by atoms with van der Waals surface area (Å²) < 4.78 is 1.88. The summed E-state index contributed by atoms with van der Waals surface area (Å²) in [6, 6.07) is 0. The Kier molecular flexibility index (Phi) is 2.40. The smallest absolute Gasteiger partial charge is 0.311 e. The van der Waals surface area contributed by atoms with Gasteiger partial charge in [-0.2, -0.15) is 0 Å². The normalized spacial score (nSPS) is 11.6. The van der Waals surface area contributed by atoms with E-state index in [-0.39, 0.29) is 12.0 Å². The van der Waals surface area contributed by atoms with Crippen molar-refractivity contribution in [1.82, 2.24) is 9.55 Å². The molecule has 0 saturated carbocycles. The van der Waals surface area contributed by atoms with Crippen molar-refractivity contribution in [2.24, 2.45) is 0 Å². The van der Waals surface area contributed by atoms with Gasteiger partial charge in [-0.05, 0) is 20.8 Å². The van der Waals surface area contributed by atoms with Crippen LogP contribution in [-0.2, 0) is 16.8 Å². The lowest BCUT2D eigenvalue weighted by molar-refractivity contribution is -0.136. The summed E-state index contributed by atoms with van der Waals surface area (Å²) in [4.78, 5) is 14.5. The molecule has 0 amide bonds. The summed E-state index contributed by atoms with van der Waals surface area (Å²) in [6.07, 6.45) is 3.41. The van der Waals surface area contributed by atoms with Crippen molar-refractivity contribution in [2.45, 2.75) is 32.7 Å². The first-order valence-corrected chi connectivity index (χ1v) is 4.16. The Hall–Kier alpha value is -1.32. The van der Waals surface area contributed by atoms with Crippen molar-refractivity contribution in [3.63, 3.8) is 0 Å². The van der Waals surface area contributed by atoms with Crippen LogP contribution in [0.5, 0.6) is 0 Å². The summed E-state index contributed by atoms with van der Waals surface area (Å²) in [5, 5.41) is 8.62. The van der Waals surface area contributed by atoms with E-state index in [1.165, 1.54) is 0 Å². The molecule has 0 aliphatic heterocycles. The number of hydrogen-bond donors (Lipinski definition) is 1. The molecule has 0 aliphatic carbocycles. The molecule has 0 spiro atoms. The van der Waals surface area contributed by atoms with Crippen LogP contribution < -0.4 is 0 Å². The van der Waals surface area contributed by atoms with E-state index in [1.54, 1.807) is 12.4 Å². The van der Waals surface area contributed by atoms with Crippen LogP contribution in [0.2, 0.25) is 0 Å². The van der Waals surface area contributed by atoms with Gasteiger partial charge in [0.15, 0.2) is 0 Å². The van der Waals surface area contributed by atoms with Gasteiger partial charge in [0.05, 0.1) is 0 Å². The van der Waals surface area contributed by atoms with Crippen molar-refractivity contribution in [2.75, 3.05) is 0 Å². The van der Waals surface area contributed by atoms with E-state index in [9.17, 15) is 4.79 Å². The number of nitrogens with zero attached hydrogens (tertiary/aromatic N) is 2. The first-order valence-electron chi connectivity index (χ1n) is 4.16. The van der Waals surface area contributed by atoms with E-state index >= 15 is 0 Å². The summed E-state index contributed by atoms with van der Waals surface area (Å²) in [5.74, 6) is -0.253. The second-order valence-electron chi connectivity index (χ2n) is 3.95. The van der Waals surface area contributed by atoms with Gasteiger partial charge in [-0.1, -0.05) is 0 Å². The second kappa shape index (κ2) is 3.20. The zero-order valence-corrected chi connectivity index (χ0v) is 8.11. The molecule has 4 nitrogen and oxygen atoms in total. The van der Waals surface area contributed by atoms with E-state index < -0.39 is 5.97 Å². The van der Waals surface area contributed by atoms with Gasteiger partial charge in [0.25, 0.3) is 0 Å². The number of carboxylic acid groups (broad SMARTS) is 1. The Labute approximate surface area is 77.2 Å². The molecule has 0 aromatic carbocycles. The monoisotopic (exact) mass is 182 g/mol. The zero-order chi connectivity index (χ0) is 10.1. The van der Waals surface area contributed by atoms with E-state index in [0.717, 1.165) is 0 Å². The highest BCUT2D eigenvalue weighted by molar-refractivity contribution is 5.69. The largest absolute Gasteiger partial charge is 0.481 e. The minimum atomic E-state index is -0.850. The topological polar surface area (TPSA) is 55.1 Å². The Balaban J connectivity index is 2.96. The van der Waals surface area contributed by atoms with E-state index in [4.69, 9.17) is 5.11 Å². The molecule has 0 aliphatic rings. The van der Waals surface area contributed by atoms with Crippen LogP contribution >= 0.6 is 0 Å². The fraction of sp³-hybridized carbons (Fsp3) is 0.556. The number of carboxylic acids is 1. The highest BCUT2D eigenvalue weighted by Gasteiger charge is 2.17. The van der Waals surface area contributed by atoms with Gasteiger partial charge in [0, 0.05) is 17.9 Å². The number of rotatable bonds is 2. The van der Waals surface area contributed by atoms with Gasteiger partial charge in [-0.3, -0.25) is 4.79 Å². The molecular weight excluding hydrogens is 168 g/mol. The summed E-state index contributed by atoms with van der Waals surface area (Å²) in [5.41, 5.74) is -0.110. The van der Waals surface area contributed by atoms with Gasteiger partial charge in [-0.15, -0.1) is 0 Å². The molecule has 0 unspecified atom stereocenters. The lowest BCUT2D eigenvalue weighted by atomic mass is 10.1. The molecule has 1 rings (SSSR count). The molecule has 0 atom stereocenters. The maximum absolute atomic E-state index is 10.5. The van der Waals surface area contributed by atoms with Crippen molar-refractivity contribution in [1.29, 1.82) is 0 Å². The van der Waals surface area contributed by atoms with Gasteiger partial charge in [-0.25, -0.2) is 4.98 Å². The SMILES string of the molecule is CC(C)(C)n1ccnc1CC(=O)O. The number of aromatic nitrogens is 2. The molecule has 0 bridgehead atoms. The molecule has 1 heterocycles. The first kappa shape index (κ1) is 9.77. The van der Waals surface area contributed by atoms with Gasteiger partial charge in [0.2, 0.25) is 0 Å². The lowest BCUT2D eigenvalue weighted by Crippen LogP contribution is -2.24. The van der Waals surface area contributed by atoms with E-state index in [1.807, 2.05) is 25.3 Å². The van der Waals surface area contributed by atoms with Gasteiger partial charge in [0.1, 0.15) is 12.2 Å². The highest BCUT2D eigenvalue weighted by Crippen LogP contribution is 2.15. The fourth-order valence-corrected chi connectivity index (χ4v) is 1.21. The number of imidazole rings is 1. The van der Waals surface area contributed by atoms with Crippen molar-refractivity contribution < 1.29 is 9.90 Å². The van der Waals surface area contributed by atoms with Gasteiger partial charge < -0.3 is 9.67 Å². The molecule has 0 fully saturated rings. The Bertz CT molecular complexity index is 310. The number of hydrogen-bond acceptors (Lipinski definition) is 2. The molecule has 1 N–H and O–H groups in total. The lowest BCUT2D eigenvalue weighted by Gasteiger charge is -2.22. The third kappa shape index (κ3) is 2.31. The Morgan fingerprint density at radius 3 is 2.69 bits per heavy atom. The average Bonchev–Trinajstić information content (AvgIpc) is 2.31. The van der Waals surface area contributed by atoms with Crippen LogP contribution in [-0.4, -0.2) is 20.6 Å². The standard InChI is InChI=1S/C9H14N2O2/c1-9(2,3)11-5-4-10-7(11)6-8(12)13/h4-5H,6H2,1-3H3,(H,12,13). The molecule has 0 radical (unpaired) electrons. The van der Waals surface area contributed by atoms with Crippen molar-refractivity contribution in [3.05, 3.63) is 18.2 Å². The van der Waals surface area contributed by atoms with Crippen molar-refractivity contribution in [3.8, 4) is 0 Å². The Morgan fingerprint density at radius 1 is 1.62 bits per heavy atom. The third-order valence-electron chi connectivity index (χ3n) is 1.75. The molecule has 4 heteroatoms. The molecule has 1 aromatic rings. The summed E-state index contributed by atoms with van der Waals surface area (Å²) in [6.45, 7) is 6.04. The molecular formula is C9H14N2O2. The molecule has 0 saturated heterocycles. The average molecular weight is 182 g/mol. The highest BCUT2D eigenvalue weighted by atomic mass is 16.4. The summed E-state index contributed by atoms with van der Waals surface area (Å²) in [7, 11) is 0. The van der Waals surface area contributed by atoms with Crippen LogP contribution in [0.15, 0.2) is 12.4 Å². The maximum atomic E-state index is 10.5. The molecule has 72 valence electrons. The van der Waals surface area contributed by atoms with Crippen LogP contribution in [0, 0.1) is 0 Å². The predicted octanol–water partition coefficient (Wildman–Crippen LogP) is 1.27. The summed E-state index contributed by atoms with van der Waals surface area (Å²) >= 11 is 0. The van der Waals surface area contributed by atoms with E-state index in [2.05, 4.69) is 4.98 Å². The number of carbonyl (C=O) groups is 1. The minimum absolute atomic E-state index is 0.0235. The first-order chi connectivity index (χ1) is 5.91. The minimum Gasteiger partial charge on any atom is -0.481 e.